The highest BCUT2D eigenvalue weighted by atomic mass is 19.1. The fourth-order valence-corrected chi connectivity index (χ4v) is 2.52. The molecule has 0 bridgehead atoms. The molecule has 0 radical (unpaired) electrons. The second-order valence-corrected chi connectivity index (χ2v) is 5.24. The lowest BCUT2D eigenvalue weighted by Crippen LogP contribution is -2.45. The number of benzene rings is 1. The van der Waals surface area contributed by atoms with Gasteiger partial charge in [-0.25, -0.2) is 4.39 Å². The van der Waals surface area contributed by atoms with Crippen LogP contribution in [0.1, 0.15) is 18.5 Å². The predicted octanol–water partition coefficient (Wildman–Crippen LogP) is 1.82. The lowest BCUT2D eigenvalue weighted by molar-refractivity contribution is -0.0191. The standard InChI is InChI=1S/C15H23FN2O2/c1-11(15-13(16)5-4-6-14(15)19-3)17-9-12-10-18(2)7-8-20-12/h4-6,11-12,17H,7-10H2,1-3H3. The quantitative estimate of drug-likeness (QED) is 0.893. The molecule has 0 saturated carbocycles. The number of morpholine rings is 1. The molecule has 2 unspecified atom stereocenters. The van der Waals surface area contributed by atoms with Gasteiger partial charge in [-0.05, 0) is 26.1 Å². The number of ether oxygens (including phenoxy) is 2. The molecule has 4 nitrogen and oxygen atoms in total. The van der Waals surface area contributed by atoms with E-state index in [0.717, 1.165) is 19.7 Å². The van der Waals surface area contributed by atoms with Crippen LogP contribution in [0.3, 0.4) is 0 Å². The summed E-state index contributed by atoms with van der Waals surface area (Å²) in [6.45, 7) is 5.25. The summed E-state index contributed by atoms with van der Waals surface area (Å²) in [5.41, 5.74) is 0.569. The highest BCUT2D eigenvalue weighted by Gasteiger charge is 2.20. The second-order valence-electron chi connectivity index (χ2n) is 5.24. The molecule has 1 saturated heterocycles. The van der Waals surface area contributed by atoms with Gasteiger partial charge in [-0.15, -0.1) is 0 Å². The maximum atomic E-state index is 14.0. The molecule has 1 N–H and O–H groups in total. The van der Waals surface area contributed by atoms with E-state index >= 15 is 0 Å². The first-order valence-corrected chi connectivity index (χ1v) is 6.97. The van der Waals surface area contributed by atoms with Crippen LogP contribution in [0.15, 0.2) is 18.2 Å². The average molecular weight is 282 g/mol. The van der Waals surface area contributed by atoms with Crippen molar-refractivity contribution in [2.45, 2.75) is 19.1 Å². The van der Waals surface area contributed by atoms with Crippen molar-refractivity contribution in [2.75, 3.05) is 40.4 Å². The lowest BCUT2D eigenvalue weighted by Gasteiger charge is -2.31. The lowest BCUT2D eigenvalue weighted by atomic mass is 10.1. The smallest absolute Gasteiger partial charge is 0.131 e. The molecule has 2 atom stereocenters. The summed E-state index contributed by atoms with van der Waals surface area (Å²) in [6.07, 6.45) is 0.147. The Balaban J connectivity index is 1.96. The second kappa shape index (κ2) is 7.02. The van der Waals surface area contributed by atoms with Crippen LogP contribution in [0.5, 0.6) is 5.75 Å². The summed E-state index contributed by atoms with van der Waals surface area (Å²) < 4.78 is 24.9. The maximum Gasteiger partial charge on any atom is 0.131 e. The van der Waals surface area contributed by atoms with Crippen molar-refractivity contribution < 1.29 is 13.9 Å². The minimum atomic E-state index is -0.244. The number of rotatable bonds is 5. The third-order valence-corrected chi connectivity index (χ3v) is 3.66. The van der Waals surface area contributed by atoms with E-state index in [0.29, 0.717) is 17.9 Å². The third-order valence-electron chi connectivity index (χ3n) is 3.66. The zero-order valence-corrected chi connectivity index (χ0v) is 12.4. The molecule has 5 heteroatoms. The maximum absolute atomic E-state index is 14.0. The first-order valence-electron chi connectivity index (χ1n) is 6.97. The van der Waals surface area contributed by atoms with Gasteiger partial charge in [0.2, 0.25) is 0 Å². The Morgan fingerprint density at radius 1 is 1.55 bits per heavy atom. The van der Waals surface area contributed by atoms with Crippen LogP contribution in [0, 0.1) is 5.82 Å². The minimum absolute atomic E-state index is 0.123. The number of nitrogens with one attached hydrogen (secondary N) is 1. The number of hydrogen-bond donors (Lipinski definition) is 1. The van der Waals surface area contributed by atoms with Crippen LogP contribution in [0.2, 0.25) is 0 Å². The van der Waals surface area contributed by atoms with E-state index in [-0.39, 0.29) is 18.0 Å². The SMILES string of the molecule is COc1cccc(F)c1C(C)NCC1CN(C)CCO1. The van der Waals surface area contributed by atoms with Gasteiger partial charge in [-0.3, -0.25) is 0 Å². The largest absolute Gasteiger partial charge is 0.496 e. The Labute approximate surface area is 119 Å². The summed E-state index contributed by atoms with van der Waals surface area (Å²) in [7, 11) is 3.64. The van der Waals surface area contributed by atoms with E-state index < -0.39 is 0 Å². The number of nitrogens with zero attached hydrogens (tertiary/aromatic N) is 1. The van der Waals surface area contributed by atoms with Crippen LogP contribution in [-0.2, 0) is 4.74 Å². The number of methoxy groups -OCH3 is 1. The Hall–Kier alpha value is -1.17. The van der Waals surface area contributed by atoms with Crippen LogP contribution in [-0.4, -0.2) is 51.4 Å². The topological polar surface area (TPSA) is 33.7 Å². The van der Waals surface area contributed by atoms with Crippen molar-refractivity contribution in [1.82, 2.24) is 10.2 Å². The van der Waals surface area contributed by atoms with Gasteiger partial charge in [0, 0.05) is 31.2 Å². The van der Waals surface area contributed by atoms with Gasteiger partial charge in [-0.1, -0.05) is 6.07 Å². The number of hydrogen-bond acceptors (Lipinski definition) is 4. The zero-order valence-electron chi connectivity index (χ0n) is 12.4. The first kappa shape index (κ1) is 15.2. The van der Waals surface area contributed by atoms with E-state index in [4.69, 9.17) is 9.47 Å². The average Bonchev–Trinajstić information content (AvgIpc) is 2.44. The van der Waals surface area contributed by atoms with E-state index in [1.807, 2.05) is 6.92 Å². The number of halogens is 1. The Morgan fingerprint density at radius 3 is 3.05 bits per heavy atom. The van der Waals surface area contributed by atoms with Crippen molar-refractivity contribution >= 4 is 0 Å². The first-order chi connectivity index (χ1) is 9.61. The molecule has 1 aliphatic heterocycles. The Morgan fingerprint density at radius 2 is 2.35 bits per heavy atom. The van der Waals surface area contributed by atoms with Gasteiger partial charge in [-0.2, -0.15) is 0 Å². The van der Waals surface area contributed by atoms with Crippen molar-refractivity contribution in [2.24, 2.45) is 0 Å². The van der Waals surface area contributed by atoms with Crippen LogP contribution < -0.4 is 10.1 Å². The van der Waals surface area contributed by atoms with E-state index in [9.17, 15) is 4.39 Å². The molecule has 1 aromatic carbocycles. The minimum Gasteiger partial charge on any atom is -0.496 e. The molecule has 1 fully saturated rings. The summed E-state index contributed by atoms with van der Waals surface area (Å²) in [5.74, 6) is 0.331. The molecule has 1 heterocycles. The summed E-state index contributed by atoms with van der Waals surface area (Å²) in [4.78, 5) is 2.24. The van der Waals surface area contributed by atoms with Crippen molar-refractivity contribution in [3.05, 3.63) is 29.6 Å². The predicted molar refractivity (Wildman–Crippen MR) is 76.6 cm³/mol. The summed E-state index contributed by atoms with van der Waals surface area (Å²) >= 11 is 0. The highest BCUT2D eigenvalue weighted by molar-refractivity contribution is 5.36. The van der Waals surface area contributed by atoms with Crippen molar-refractivity contribution in [3.8, 4) is 5.75 Å². The normalized spacial score (nSPS) is 21.7. The molecule has 20 heavy (non-hydrogen) atoms. The van der Waals surface area contributed by atoms with E-state index in [1.54, 1.807) is 19.2 Å². The molecule has 112 valence electrons. The monoisotopic (exact) mass is 282 g/mol. The number of likely N-dealkylation sites (N-methyl/N-ethyl adjacent to an activating group) is 1. The fourth-order valence-electron chi connectivity index (χ4n) is 2.52. The van der Waals surface area contributed by atoms with Gasteiger partial charge in [0.1, 0.15) is 11.6 Å². The van der Waals surface area contributed by atoms with Crippen molar-refractivity contribution in [1.29, 1.82) is 0 Å². The van der Waals surface area contributed by atoms with Gasteiger partial charge in [0.25, 0.3) is 0 Å². The zero-order chi connectivity index (χ0) is 14.5. The third kappa shape index (κ3) is 3.69. The fraction of sp³-hybridized carbons (Fsp3) is 0.600. The van der Waals surface area contributed by atoms with E-state index in [2.05, 4.69) is 17.3 Å². The van der Waals surface area contributed by atoms with Crippen LogP contribution >= 0.6 is 0 Å². The van der Waals surface area contributed by atoms with Gasteiger partial charge in [0.15, 0.2) is 0 Å². The molecule has 1 aromatic rings. The molecule has 2 rings (SSSR count). The Bertz CT molecular complexity index is 442. The molecular weight excluding hydrogens is 259 g/mol. The molecule has 0 spiro atoms. The van der Waals surface area contributed by atoms with Crippen LogP contribution in [0.25, 0.3) is 0 Å². The van der Waals surface area contributed by atoms with E-state index in [1.165, 1.54) is 6.07 Å². The molecular formula is C15H23FN2O2. The highest BCUT2D eigenvalue weighted by Crippen LogP contribution is 2.27. The summed E-state index contributed by atoms with van der Waals surface area (Å²) in [5, 5.41) is 3.33. The summed E-state index contributed by atoms with van der Waals surface area (Å²) in [6, 6.07) is 4.77. The van der Waals surface area contributed by atoms with Crippen molar-refractivity contribution in [3.63, 3.8) is 0 Å². The van der Waals surface area contributed by atoms with Crippen LogP contribution in [0.4, 0.5) is 4.39 Å². The molecule has 0 amide bonds. The van der Waals surface area contributed by atoms with Gasteiger partial charge < -0.3 is 19.7 Å². The molecule has 0 aromatic heterocycles. The Kier molecular flexibility index (Phi) is 5.34. The molecule has 0 aliphatic carbocycles. The molecule has 1 aliphatic rings. The van der Waals surface area contributed by atoms with Gasteiger partial charge in [0.05, 0.1) is 19.8 Å². The van der Waals surface area contributed by atoms with Gasteiger partial charge >= 0.3 is 0 Å².